The van der Waals surface area contributed by atoms with Crippen molar-refractivity contribution < 1.29 is 19.7 Å². The number of hydrogen-bond acceptors (Lipinski definition) is 4. The molecule has 5 heteroatoms. The summed E-state index contributed by atoms with van der Waals surface area (Å²) in [5.74, 6) is 0.530. The average Bonchev–Trinajstić information content (AvgIpc) is 2.67. The van der Waals surface area contributed by atoms with Gasteiger partial charge in [0.1, 0.15) is 5.41 Å². The average molecular weight is 232 g/mol. The van der Waals surface area contributed by atoms with Crippen molar-refractivity contribution in [3.63, 3.8) is 0 Å². The number of carboxylic acids is 1. The Hall–Kier alpha value is -0.260. The van der Waals surface area contributed by atoms with Gasteiger partial charge < -0.3 is 14.9 Å². The zero-order valence-electron chi connectivity index (χ0n) is 8.57. The fourth-order valence-electron chi connectivity index (χ4n) is 2.53. The molecule has 0 aliphatic carbocycles. The minimum absolute atomic E-state index is 0.430. The molecule has 0 aromatic rings. The van der Waals surface area contributed by atoms with Crippen LogP contribution in [0.15, 0.2) is 0 Å². The molecular weight excluding hydrogens is 216 g/mol. The molecular formula is C10H16O4S. The number of carboxylic acid groups (broad SMARTS) is 1. The van der Waals surface area contributed by atoms with Gasteiger partial charge in [-0.1, -0.05) is 0 Å². The minimum atomic E-state index is -1.03. The van der Waals surface area contributed by atoms with Crippen LogP contribution in [0.2, 0.25) is 0 Å². The molecule has 86 valence electrons. The molecule has 0 aromatic carbocycles. The summed E-state index contributed by atoms with van der Waals surface area (Å²) >= 11 is 1.64. The van der Waals surface area contributed by atoms with E-state index in [2.05, 4.69) is 0 Å². The second-order valence-corrected chi connectivity index (χ2v) is 5.44. The van der Waals surface area contributed by atoms with E-state index in [1.807, 2.05) is 0 Å². The fraction of sp³-hybridized carbons (Fsp3) is 0.900. The standard InChI is InChI=1S/C10H16O4S/c11-8(12)9(1-4-14-5-2-9)10(13)3-6-15-7-10/h13H,1-7H2,(H,11,12). The molecule has 0 radical (unpaired) electrons. The van der Waals surface area contributed by atoms with Crippen molar-refractivity contribution in [3.05, 3.63) is 0 Å². The molecule has 0 aromatic heterocycles. The van der Waals surface area contributed by atoms with Gasteiger partial charge in [-0.2, -0.15) is 11.8 Å². The molecule has 2 fully saturated rings. The summed E-state index contributed by atoms with van der Waals surface area (Å²) in [4.78, 5) is 11.4. The molecule has 15 heavy (non-hydrogen) atoms. The molecule has 0 saturated carbocycles. The zero-order chi connectivity index (χ0) is 10.9. The monoisotopic (exact) mass is 232 g/mol. The third kappa shape index (κ3) is 1.66. The van der Waals surface area contributed by atoms with Crippen molar-refractivity contribution in [2.24, 2.45) is 5.41 Å². The second kappa shape index (κ2) is 3.96. The Morgan fingerprint density at radius 2 is 1.93 bits per heavy atom. The van der Waals surface area contributed by atoms with Gasteiger partial charge in [-0.25, -0.2) is 0 Å². The van der Waals surface area contributed by atoms with E-state index in [0.717, 1.165) is 5.75 Å². The highest BCUT2D eigenvalue weighted by Gasteiger charge is 2.57. The van der Waals surface area contributed by atoms with E-state index < -0.39 is 17.0 Å². The number of thioether (sulfide) groups is 1. The predicted molar refractivity (Wildman–Crippen MR) is 57.0 cm³/mol. The Bertz CT molecular complexity index is 254. The summed E-state index contributed by atoms with van der Waals surface area (Å²) in [6.07, 6.45) is 1.45. The Labute approximate surface area is 93.0 Å². The lowest BCUT2D eigenvalue weighted by molar-refractivity contribution is -0.179. The van der Waals surface area contributed by atoms with Crippen LogP contribution in [0.3, 0.4) is 0 Å². The molecule has 2 saturated heterocycles. The first-order valence-electron chi connectivity index (χ1n) is 5.22. The minimum Gasteiger partial charge on any atom is -0.481 e. The maximum atomic E-state index is 11.4. The normalized spacial score (nSPS) is 35.3. The first-order chi connectivity index (χ1) is 7.11. The van der Waals surface area contributed by atoms with Crippen LogP contribution in [0.1, 0.15) is 19.3 Å². The van der Waals surface area contributed by atoms with E-state index in [1.54, 1.807) is 11.8 Å². The van der Waals surface area contributed by atoms with Gasteiger partial charge >= 0.3 is 5.97 Å². The Kier molecular flexibility index (Phi) is 2.96. The lowest BCUT2D eigenvalue weighted by Crippen LogP contribution is -2.56. The van der Waals surface area contributed by atoms with E-state index in [0.29, 0.717) is 38.2 Å². The first kappa shape index (κ1) is 11.2. The summed E-state index contributed by atoms with van der Waals surface area (Å²) in [6, 6.07) is 0. The van der Waals surface area contributed by atoms with Crippen LogP contribution in [-0.4, -0.2) is 46.5 Å². The van der Waals surface area contributed by atoms with Crippen molar-refractivity contribution in [3.8, 4) is 0 Å². The van der Waals surface area contributed by atoms with Crippen LogP contribution < -0.4 is 0 Å². The van der Waals surface area contributed by atoms with Crippen molar-refractivity contribution in [1.29, 1.82) is 0 Å². The quantitative estimate of drug-likeness (QED) is 0.735. The highest BCUT2D eigenvalue weighted by Crippen LogP contribution is 2.48. The number of hydrogen-bond donors (Lipinski definition) is 2. The van der Waals surface area contributed by atoms with Gasteiger partial charge in [0.2, 0.25) is 0 Å². The summed E-state index contributed by atoms with van der Waals surface area (Å²) in [5.41, 5.74) is -2.01. The van der Waals surface area contributed by atoms with Crippen LogP contribution >= 0.6 is 11.8 Å². The van der Waals surface area contributed by atoms with Crippen LogP contribution in [0.5, 0.6) is 0 Å². The zero-order valence-corrected chi connectivity index (χ0v) is 9.39. The molecule has 0 amide bonds. The highest BCUT2D eigenvalue weighted by atomic mass is 32.2. The van der Waals surface area contributed by atoms with Crippen LogP contribution in [0.4, 0.5) is 0 Å². The van der Waals surface area contributed by atoms with Crippen molar-refractivity contribution in [1.82, 2.24) is 0 Å². The smallest absolute Gasteiger partial charge is 0.312 e. The third-order valence-electron chi connectivity index (χ3n) is 3.65. The van der Waals surface area contributed by atoms with E-state index in [4.69, 9.17) is 4.74 Å². The predicted octanol–water partition coefficient (Wildman–Crippen LogP) is 0.736. The van der Waals surface area contributed by atoms with Gasteiger partial charge in [0, 0.05) is 19.0 Å². The highest BCUT2D eigenvalue weighted by molar-refractivity contribution is 7.99. The second-order valence-electron chi connectivity index (χ2n) is 4.33. The lowest BCUT2D eigenvalue weighted by atomic mass is 9.66. The molecule has 0 bridgehead atoms. The molecule has 4 nitrogen and oxygen atoms in total. The summed E-state index contributed by atoms with van der Waals surface area (Å²) in [6.45, 7) is 0.887. The van der Waals surface area contributed by atoms with E-state index in [-0.39, 0.29) is 0 Å². The molecule has 1 atom stereocenters. The third-order valence-corrected chi connectivity index (χ3v) is 4.82. The van der Waals surface area contributed by atoms with E-state index in [9.17, 15) is 15.0 Å². The van der Waals surface area contributed by atoms with Crippen LogP contribution in [0, 0.1) is 5.41 Å². The van der Waals surface area contributed by atoms with Gasteiger partial charge in [-0.05, 0) is 25.0 Å². The Morgan fingerprint density at radius 3 is 2.40 bits per heavy atom. The van der Waals surface area contributed by atoms with Gasteiger partial charge in [0.05, 0.1) is 5.60 Å². The summed E-state index contributed by atoms with van der Waals surface area (Å²) in [5, 5.41) is 19.9. The Morgan fingerprint density at radius 1 is 1.27 bits per heavy atom. The number of aliphatic carboxylic acids is 1. The molecule has 2 N–H and O–H groups in total. The van der Waals surface area contributed by atoms with Gasteiger partial charge in [0.25, 0.3) is 0 Å². The summed E-state index contributed by atoms with van der Waals surface area (Å²) < 4.78 is 5.20. The number of carbonyl (C=O) groups is 1. The van der Waals surface area contributed by atoms with Crippen LogP contribution in [-0.2, 0) is 9.53 Å². The van der Waals surface area contributed by atoms with Gasteiger partial charge in [0.15, 0.2) is 0 Å². The fourth-order valence-corrected chi connectivity index (χ4v) is 3.91. The number of rotatable bonds is 2. The maximum Gasteiger partial charge on any atom is 0.312 e. The van der Waals surface area contributed by atoms with E-state index in [1.165, 1.54) is 0 Å². The molecule has 2 heterocycles. The molecule has 2 aliphatic heterocycles. The molecule has 2 aliphatic rings. The van der Waals surface area contributed by atoms with Crippen molar-refractivity contribution >= 4 is 17.7 Å². The van der Waals surface area contributed by atoms with Crippen molar-refractivity contribution in [2.75, 3.05) is 24.7 Å². The van der Waals surface area contributed by atoms with E-state index >= 15 is 0 Å². The SMILES string of the molecule is O=C(O)C1(C2(O)CCSC2)CCOCC1. The Balaban J connectivity index is 2.28. The maximum absolute atomic E-state index is 11.4. The lowest BCUT2D eigenvalue weighted by Gasteiger charge is -2.43. The van der Waals surface area contributed by atoms with Gasteiger partial charge in [-0.3, -0.25) is 4.79 Å². The van der Waals surface area contributed by atoms with Crippen LogP contribution in [0.25, 0.3) is 0 Å². The topological polar surface area (TPSA) is 66.8 Å². The summed E-state index contributed by atoms with van der Waals surface area (Å²) in [7, 11) is 0. The first-order valence-corrected chi connectivity index (χ1v) is 6.37. The largest absolute Gasteiger partial charge is 0.481 e. The molecule has 0 spiro atoms. The van der Waals surface area contributed by atoms with Gasteiger partial charge in [-0.15, -0.1) is 0 Å². The van der Waals surface area contributed by atoms with Crippen molar-refractivity contribution in [2.45, 2.75) is 24.9 Å². The number of ether oxygens (including phenoxy) is 1. The molecule has 2 rings (SSSR count). The number of aliphatic hydroxyl groups is 1. The molecule has 1 unspecified atom stereocenters.